The van der Waals surface area contributed by atoms with E-state index < -0.39 is 31.1 Å². The molecule has 0 radical (unpaired) electrons. The molecule has 134 valence electrons. The highest BCUT2D eigenvalue weighted by atomic mass is 16.5. The van der Waals surface area contributed by atoms with Crippen molar-refractivity contribution in [3.05, 3.63) is 65.2 Å². The first kappa shape index (κ1) is 18.2. The molecule has 7 heteroatoms. The minimum atomic E-state index is -1.02. The molecule has 2 aromatic carbocycles. The summed E-state index contributed by atoms with van der Waals surface area (Å²) in [6.07, 6.45) is -0.407. The Morgan fingerprint density at radius 2 is 1.92 bits per heavy atom. The van der Waals surface area contributed by atoms with Crippen molar-refractivity contribution in [3.63, 3.8) is 0 Å². The van der Waals surface area contributed by atoms with Crippen molar-refractivity contribution in [2.75, 3.05) is 0 Å². The summed E-state index contributed by atoms with van der Waals surface area (Å²) in [7, 11) is -1.02. The maximum atomic E-state index is 12.4. The predicted molar refractivity (Wildman–Crippen MR) is 96.7 cm³/mol. The second-order valence-corrected chi connectivity index (χ2v) is 6.26. The zero-order valence-electron chi connectivity index (χ0n) is 14.6. The molecule has 2 atom stereocenters. The van der Waals surface area contributed by atoms with E-state index >= 15 is 0 Å². The van der Waals surface area contributed by atoms with Gasteiger partial charge in [-0.05, 0) is 42.6 Å². The Hall–Kier alpha value is -2.64. The largest absolute Gasteiger partial charge is 0.491 e. The van der Waals surface area contributed by atoms with Gasteiger partial charge in [-0.15, -0.1) is 0 Å². The maximum absolute atomic E-state index is 12.4. The average Bonchev–Trinajstić information content (AvgIpc) is 3.02. The fourth-order valence-corrected chi connectivity index (χ4v) is 2.76. The number of ether oxygens (including phenoxy) is 1. The van der Waals surface area contributed by atoms with Gasteiger partial charge in [0.2, 0.25) is 0 Å². The van der Waals surface area contributed by atoms with Gasteiger partial charge < -0.3 is 19.7 Å². The summed E-state index contributed by atoms with van der Waals surface area (Å²) < 4.78 is 10.5. The number of benzene rings is 2. The van der Waals surface area contributed by atoms with Gasteiger partial charge in [0.15, 0.2) is 0 Å². The Kier molecular flexibility index (Phi) is 5.39. The Morgan fingerprint density at radius 1 is 1.19 bits per heavy atom. The summed E-state index contributed by atoms with van der Waals surface area (Å²) in [4.78, 5) is 24.6. The van der Waals surface area contributed by atoms with Crippen LogP contribution in [-0.4, -0.2) is 30.1 Å². The van der Waals surface area contributed by atoms with E-state index in [2.05, 4.69) is 5.32 Å². The standard InChI is InChI=1S/C19H20BNO5/c1-12(19(23)26-13(2)14-6-4-3-5-7-14)21-18(22)15-8-9-16-11-25-20(24)17(16)10-15/h3-10,12-13,24H,11H2,1-2H3,(H,21,22)/t12-,13-/m0/s1. The maximum Gasteiger partial charge on any atom is 0.491 e. The van der Waals surface area contributed by atoms with E-state index in [1.54, 1.807) is 32.0 Å². The highest BCUT2D eigenvalue weighted by molar-refractivity contribution is 6.61. The van der Waals surface area contributed by atoms with Crippen LogP contribution in [0.15, 0.2) is 48.5 Å². The molecule has 0 bridgehead atoms. The lowest BCUT2D eigenvalue weighted by molar-refractivity contribution is -0.150. The number of carbonyl (C=O) groups excluding carboxylic acids is 2. The van der Waals surface area contributed by atoms with Crippen molar-refractivity contribution < 1.29 is 24.0 Å². The average molecular weight is 353 g/mol. The SMILES string of the molecule is C[C@H](NC(=O)c1ccc2c(c1)B(O)OC2)C(=O)O[C@@H](C)c1ccccc1. The number of rotatable bonds is 5. The van der Waals surface area contributed by atoms with Gasteiger partial charge in [-0.3, -0.25) is 4.79 Å². The van der Waals surface area contributed by atoms with Crippen LogP contribution in [0, 0.1) is 0 Å². The van der Waals surface area contributed by atoms with Gasteiger partial charge in [-0.2, -0.15) is 0 Å². The summed E-state index contributed by atoms with van der Waals surface area (Å²) in [5.74, 6) is -0.928. The number of esters is 1. The molecule has 0 saturated carbocycles. The highest BCUT2D eigenvalue weighted by Crippen LogP contribution is 2.17. The van der Waals surface area contributed by atoms with Gasteiger partial charge in [-0.1, -0.05) is 36.4 Å². The smallest absolute Gasteiger partial charge is 0.456 e. The van der Waals surface area contributed by atoms with Crippen molar-refractivity contribution in [1.82, 2.24) is 5.32 Å². The molecule has 3 rings (SSSR count). The zero-order valence-corrected chi connectivity index (χ0v) is 14.6. The molecule has 2 aromatic rings. The van der Waals surface area contributed by atoms with Crippen LogP contribution in [0.3, 0.4) is 0 Å². The van der Waals surface area contributed by atoms with Gasteiger partial charge >= 0.3 is 13.1 Å². The summed E-state index contributed by atoms with van der Waals surface area (Å²) in [5, 5.41) is 12.4. The minimum Gasteiger partial charge on any atom is -0.456 e. The van der Waals surface area contributed by atoms with E-state index in [1.807, 2.05) is 30.3 Å². The first-order valence-electron chi connectivity index (χ1n) is 8.44. The molecule has 2 N–H and O–H groups in total. The fourth-order valence-electron chi connectivity index (χ4n) is 2.76. The highest BCUT2D eigenvalue weighted by Gasteiger charge is 2.28. The molecule has 1 heterocycles. The second-order valence-electron chi connectivity index (χ2n) is 6.26. The van der Waals surface area contributed by atoms with Crippen molar-refractivity contribution in [3.8, 4) is 0 Å². The Bertz CT molecular complexity index is 811. The molecule has 0 fully saturated rings. The molecule has 0 unspecified atom stereocenters. The summed E-state index contributed by atoms with van der Waals surface area (Å²) in [6, 6.07) is 13.5. The van der Waals surface area contributed by atoms with Crippen molar-refractivity contribution in [2.24, 2.45) is 0 Å². The van der Waals surface area contributed by atoms with E-state index in [0.29, 0.717) is 17.6 Å². The third kappa shape index (κ3) is 3.95. The van der Waals surface area contributed by atoms with E-state index in [4.69, 9.17) is 9.39 Å². The Balaban J connectivity index is 1.60. The molecule has 6 nitrogen and oxygen atoms in total. The van der Waals surface area contributed by atoms with Crippen molar-refractivity contribution in [2.45, 2.75) is 32.6 Å². The van der Waals surface area contributed by atoms with Crippen LogP contribution < -0.4 is 10.8 Å². The molecule has 1 aliphatic heterocycles. The normalized spacial score (nSPS) is 15.1. The van der Waals surface area contributed by atoms with Crippen LogP contribution in [0.1, 0.15) is 41.4 Å². The topological polar surface area (TPSA) is 84.9 Å². The molecule has 0 aromatic heterocycles. The van der Waals surface area contributed by atoms with Crippen LogP contribution in [0.2, 0.25) is 0 Å². The van der Waals surface area contributed by atoms with Crippen LogP contribution in [0.25, 0.3) is 0 Å². The predicted octanol–water partition coefficient (Wildman–Crippen LogP) is 1.33. The summed E-state index contributed by atoms with van der Waals surface area (Å²) >= 11 is 0. The summed E-state index contributed by atoms with van der Waals surface area (Å²) in [6.45, 7) is 3.67. The van der Waals surface area contributed by atoms with Crippen LogP contribution >= 0.6 is 0 Å². The van der Waals surface area contributed by atoms with E-state index in [1.165, 1.54) is 0 Å². The van der Waals surface area contributed by atoms with Gasteiger partial charge in [0.25, 0.3) is 5.91 Å². The summed E-state index contributed by atoms with van der Waals surface area (Å²) in [5.41, 5.74) is 2.65. The van der Waals surface area contributed by atoms with Crippen LogP contribution in [-0.2, 0) is 20.8 Å². The number of amides is 1. The van der Waals surface area contributed by atoms with Gasteiger partial charge in [0.1, 0.15) is 12.1 Å². The van der Waals surface area contributed by atoms with Crippen LogP contribution in [0.4, 0.5) is 0 Å². The lowest BCUT2D eigenvalue weighted by Crippen LogP contribution is -2.40. The first-order valence-corrected chi connectivity index (χ1v) is 8.44. The van der Waals surface area contributed by atoms with E-state index in [-0.39, 0.29) is 0 Å². The quantitative estimate of drug-likeness (QED) is 0.626. The molecule has 0 aliphatic carbocycles. The molecule has 0 spiro atoms. The lowest BCUT2D eigenvalue weighted by atomic mass is 9.79. The molecular formula is C19H20BNO5. The Morgan fingerprint density at radius 3 is 2.65 bits per heavy atom. The van der Waals surface area contributed by atoms with Crippen LogP contribution in [0.5, 0.6) is 0 Å². The zero-order chi connectivity index (χ0) is 18.7. The number of hydrogen-bond acceptors (Lipinski definition) is 5. The first-order chi connectivity index (χ1) is 12.5. The number of hydrogen-bond donors (Lipinski definition) is 2. The van der Waals surface area contributed by atoms with Crippen molar-refractivity contribution in [1.29, 1.82) is 0 Å². The number of carbonyl (C=O) groups is 2. The molecular weight excluding hydrogens is 333 g/mol. The van der Waals surface area contributed by atoms with Gasteiger partial charge in [-0.25, -0.2) is 4.79 Å². The van der Waals surface area contributed by atoms with E-state index in [9.17, 15) is 14.6 Å². The Labute approximate surface area is 152 Å². The van der Waals surface area contributed by atoms with Gasteiger partial charge in [0, 0.05) is 5.56 Å². The van der Waals surface area contributed by atoms with E-state index in [0.717, 1.165) is 11.1 Å². The fraction of sp³-hybridized carbons (Fsp3) is 0.263. The molecule has 26 heavy (non-hydrogen) atoms. The van der Waals surface area contributed by atoms with Gasteiger partial charge in [0.05, 0.1) is 6.61 Å². The monoisotopic (exact) mass is 353 g/mol. The third-order valence-corrected chi connectivity index (χ3v) is 4.33. The third-order valence-electron chi connectivity index (χ3n) is 4.33. The number of nitrogens with one attached hydrogen (secondary N) is 1. The van der Waals surface area contributed by atoms with Crippen molar-refractivity contribution >= 4 is 24.5 Å². The molecule has 0 saturated heterocycles. The second kappa shape index (κ2) is 7.72. The molecule has 1 amide bonds. The molecule has 1 aliphatic rings. The number of fused-ring (bicyclic) bond motifs is 1. The lowest BCUT2D eigenvalue weighted by Gasteiger charge is -2.18. The minimum absolute atomic E-state index is 0.318.